The number of carbonyl (C=O) groups excluding carboxylic acids is 1. The molecule has 4 heteroatoms. The smallest absolute Gasteiger partial charge is 0.227 e. The van der Waals surface area contributed by atoms with Crippen molar-refractivity contribution in [2.24, 2.45) is 5.92 Å². The molecule has 0 aliphatic carbocycles. The standard InChI is InChI=1S/C9H13N3O/c1-3-8(2)9(13)12(6-4-10)7-5-11/h8H,3,6-7H2,1-2H3. The van der Waals surface area contributed by atoms with E-state index < -0.39 is 0 Å². The molecule has 70 valence electrons. The molecule has 0 saturated carbocycles. The van der Waals surface area contributed by atoms with Crippen molar-refractivity contribution in [2.75, 3.05) is 13.1 Å². The van der Waals surface area contributed by atoms with E-state index in [1.54, 1.807) is 6.92 Å². The van der Waals surface area contributed by atoms with Gasteiger partial charge in [0.25, 0.3) is 0 Å². The molecule has 1 atom stereocenters. The average Bonchev–Trinajstić information content (AvgIpc) is 2.15. The molecule has 0 spiro atoms. The van der Waals surface area contributed by atoms with Crippen molar-refractivity contribution in [3.05, 3.63) is 0 Å². The number of amides is 1. The lowest BCUT2D eigenvalue weighted by Crippen LogP contribution is -2.35. The van der Waals surface area contributed by atoms with Crippen LogP contribution in [0.2, 0.25) is 0 Å². The second kappa shape index (κ2) is 6.02. The molecule has 0 aromatic rings. The maximum Gasteiger partial charge on any atom is 0.227 e. The number of nitrogens with zero attached hydrogens (tertiary/aromatic N) is 3. The maximum atomic E-state index is 11.5. The van der Waals surface area contributed by atoms with E-state index >= 15 is 0 Å². The molecule has 0 aromatic heterocycles. The number of nitriles is 2. The van der Waals surface area contributed by atoms with Gasteiger partial charge in [-0.1, -0.05) is 13.8 Å². The second-order valence-electron chi connectivity index (χ2n) is 2.82. The number of hydrogen-bond donors (Lipinski definition) is 0. The molecule has 0 heterocycles. The zero-order valence-corrected chi connectivity index (χ0v) is 7.95. The molecule has 0 saturated heterocycles. The van der Waals surface area contributed by atoms with E-state index in [9.17, 15) is 4.79 Å². The number of rotatable bonds is 4. The summed E-state index contributed by atoms with van der Waals surface area (Å²) >= 11 is 0. The highest BCUT2D eigenvalue weighted by Crippen LogP contribution is 2.05. The Morgan fingerprint density at radius 2 is 1.85 bits per heavy atom. The summed E-state index contributed by atoms with van der Waals surface area (Å²) in [6, 6.07) is 3.73. The second-order valence-corrected chi connectivity index (χ2v) is 2.82. The van der Waals surface area contributed by atoms with Crippen molar-refractivity contribution in [1.82, 2.24) is 4.90 Å². The van der Waals surface area contributed by atoms with Crippen LogP contribution in [0.15, 0.2) is 0 Å². The maximum absolute atomic E-state index is 11.5. The first-order valence-electron chi connectivity index (χ1n) is 4.20. The van der Waals surface area contributed by atoms with Crippen molar-refractivity contribution >= 4 is 5.91 Å². The van der Waals surface area contributed by atoms with Gasteiger partial charge in [-0.3, -0.25) is 4.79 Å². The van der Waals surface area contributed by atoms with Crippen LogP contribution in [0.5, 0.6) is 0 Å². The van der Waals surface area contributed by atoms with Gasteiger partial charge in [0.05, 0.1) is 12.1 Å². The SMILES string of the molecule is CCC(C)C(=O)N(CC#N)CC#N. The number of carbonyl (C=O) groups is 1. The molecule has 1 amide bonds. The molecule has 0 rings (SSSR count). The summed E-state index contributed by atoms with van der Waals surface area (Å²) in [5.41, 5.74) is 0. The molecular weight excluding hydrogens is 166 g/mol. The Morgan fingerprint density at radius 1 is 1.38 bits per heavy atom. The van der Waals surface area contributed by atoms with Crippen LogP contribution in [-0.4, -0.2) is 23.9 Å². The number of hydrogen-bond acceptors (Lipinski definition) is 3. The van der Waals surface area contributed by atoms with Crippen LogP contribution in [0.3, 0.4) is 0 Å². The highest BCUT2D eigenvalue weighted by Gasteiger charge is 2.17. The van der Waals surface area contributed by atoms with Gasteiger partial charge >= 0.3 is 0 Å². The van der Waals surface area contributed by atoms with Crippen LogP contribution in [0.1, 0.15) is 20.3 Å². The van der Waals surface area contributed by atoms with E-state index in [0.29, 0.717) is 0 Å². The van der Waals surface area contributed by atoms with Gasteiger partial charge in [0, 0.05) is 5.92 Å². The van der Waals surface area contributed by atoms with Crippen LogP contribution in [-0.2, 0) is 4.79 Å². The highest BCUT2D eigenvalue weighted by atomic mass is 16.2. The molecule has 0 aromatic carbocycles. The van der Waals surface area contributed by atoms with Crippen LogP contribution < -0.4 is 0 Å². The average molecular weight is 179 g/mol. The Bertz CT molecular complexity index is 233. The summed E-state index contributed by atoms with van der Waals surface area (Å²) in [6.45, 7) is 3.69. The Hall–Kier alpha value is -1.55. The van der Waals surface area contributed by atoms with Crippen LogP contribution >= 0.6 is 0 Å². The molecule has 0 radical (unpaired) electrons. The van der Waals surface area contributed by atoms with Gasteiger partial charge in [-0.2, -0.15) is 10.5 Å². The van der Waals surface area contributed by atoms with E-state index in [2.05, 4.69) is 0 Å². The van der Waals surface area contributed by atoms with E-state index in [-0.39, 0.29) is 24.9 Å². The minimum atomic E-state index is -0.120. The summed E-state index contributed by atoms with van der Waals surface area (Å²) in [5.74, 6) is -0.229. The van der Waals surface area contributed by atoms with E-state index in [1.807, 2.05) is 19.1 Å². The lowest BCUT2D eigenvalue weighted by Gasteiger charge is -2.19. The van der Waals surface area contributed by atoms with Crippen LogP contribution in [0.25, 0.3) is 0 Å². The van der Waals surface area contributed by atoms with Gasteiger partial charge < -0.3 is 4.90 Å². The van der Waals surface area contributed by atoms with Gasteiger partial charge in [-0.05, 0) is 6.42 Å². The van der Waals surface area contributed by atoms with E-state index in [0.717, 1.165) is 6.42 Å². The van der Waals surface area contributed by atoms with Crippen molar-refractivity contribution < 1.29 is 4.79 Å². The molecular formula is C9H13N3O. The molecule has 0 fully saturated rings. The van der Waals surface area contributed by atoms with E-state index in [1.165, 1.54) is 4.90 Å². The van der Waals surface area contributed by atoms with Gasteiger partial charge in [0.2, 0.25) is 5.91 Å². The fourth-order valence-electron chi connectivity index (χ4n) is 0.869. The predicted octanol–water partition coefficient (Wildman–Crippen LogP) is 0.908. The summed E-state index contributed by atoms with van der Waals surface area (Å²) in [5, 5.41) is 16.8. The quantitative estimate of drug-likeness (QED) is 0.602. The normalized spacial score (nSPS) is 11.1. The molecule has 0 aliphatic heterocycles. The predicted molar refractivity (Wildman–Crippen MR) is 47.3 cm³/mol. The zero-order valence-electron chi connectivity index (χ0n) is 7.95. The van der Waals surface area contributed by atoms with Crippen molar-refractivity contribution in [3.63, 3.8) is 0 Å². The van der Waals surface area contributed by atoms with Gasteiger partial charge in [-0.25, -0.2) is 0 Å². The van der Waals surface area contributed by atoms with Crippen molar-refractivity contribution in [3.8, 4) is 12.1 Å². The van der Waals surface area contributed by atoms with Gasteiger partial charge in [0.1, 0.15) is 13.1 Å². The fourth-order valence-corrected chi connectivity index (χ4v) is 0.869. The first-order valence-corrected chi connectivity index (χ1v) is 4.20. The van der Waals surface area contributed by atoms with Gasteiger partial charge in [0.15, 0.2) is 0 Å². The zero-order chi connectivity index (χ0) is 10.3. The monoisotopic (exact) mass is 179 g/mol. The van der Waals surface area contributed by atoms with Gasteiger partial charge in [-0.15, -0.1) is 0 Å². The third-order valence-electron chi connectivity index (χ3n) is 1.87. The summed E-state index contributed by atoms with van der Waals surface area (Å²) in [4.78, 5) is 12.7. The van der Waals surface area contributed by atoms with Crippen LogP contribution in [0, 0.1) is 28.6 Å². The van der Waals surface area contributed by atoms with Crippen molar-refractivity contribution in [2.45, 2.75) is 20.3 Å². The summed E-state index contributed by atoms with van der Waals surface area (Å²) in [7, 11) is 0. The molecule has 0 aliphatic rings. The minimum Gasteiger partial charge on any atom is -0.316 e. The topological polar surface area (TPSA) is 67.9 Å². The Labute approximate surface area is 78.4 Å². The lowest BCUT2D eigenvalue weighted by molar-refractivity contribution is -0.133. The largest absolute Gasteiger partial charge is 0.316 e. The summed E-state index contributed by atoms with van der Waals surface area (Å²) in [6.07, 6.45) is 0.728. The third kappa shape index (κ3) is 3.57. The first kappa shape index (κ1) is 11.4. The highest BCUT2D eigenvalue weighted by molar-refractivity contribution is 5.78. The Kier molecular flexibility index (Phi) is 5.30. The molecule has 13 heavy (non-hydrogen) atoms. The Morgan fingerprint density at radius 3 is 2.15 bits per heavy atom. The van der Waals surface area contributed by atoms with E-state index in [4.69, 9.17) is 10.5 Å². The molecule has 4 nitrogen and oxygen atoms in total. The Balaban J connectivity index is 4.30. The first-order chi connectivity index (χ1) is 6.17. The summed E-state index contributed by atoms with van der Waals surface area (Å²) < 4.78 is 0. The van der Waals surface area contributed by atoms with Crippen LogP contribution in [0.4, 0.5) is 0 Å². The molecule has 1 unspecified atom stereocenters. The fraction of sp³-hybridized carbons (Fsp3) is 0.667. The minimum absolute atomic E-state index is 0.00324. The molecule has 0 N–H and O–H groups in total. The lowest BCUT2D eigenvalue weighted by atomic mass is 10.1. The molecule has 0 bridgehead atoms. The third-order valence-corrected chi connectivity index (χ3v) is 1.87. The van der Waals surface area contributed by atoms with Crippen molar-refractivity contribution in [1.29, 1.82) is 10.5 Å².